The zero-order chi connectivity index (χ0) is 25.4. The van der Waals surface area contributed by atoms with Gasteiger partial charge >= 0.3 is 0 Å². The van der Waals surface area contributed by atoms with Crippen LogP contribution < -0.4 is 0 Å². The minimum atomic E-state index is -1.17. The average molecular weight is 474 g/mol. The molecule has 186 valence electrons. The summed E-state index contributed by atoms with van der Waals surface area (Å²) >= 11 is 0. The van der Waals surface area contributed by atoms with Gasteiger partial charge < -0.3 is 14.9 Å². The van der Waals surface area contributed by atoms with Gasteiger partial charge in [0.05, 0.1) is 0 Å². The fraction of sp³-hybridized carbons (Fsp3) is 0.533. The molecule has 1 atom stereocenters. The van der Waals surface area contributed by atoms with E-state index in [1.807, 2.05) is 11.0 Å². The first-order chi connectivity index (χ1) is 16.5. The van der Waals surface area contributed by atoms with Crippen LogP contribution in [-0.4, -0.2) is 59.0 Å². The van der Waals surface area contributed by atoms with E-state index in [0.29, 0.717) is 5.92 Å². The molecule has 2 aliphatic rings. The lowest BCUT2D eigenvalue weighted by molar-refractivity contribution is -0.130. The summed E-state index contributed by atoms with van der Waals surface area (Å²) in [6.45, 7) is 13.4. The van der Waals surface area contributed by atoms with Crippen LogP contribution in [0, 0.1) is 22.7 Å². The zero-order valence-electron chi connectivity index (χ0n) is 22.1. The summed E-state index contributed by atoms with van der Waals surface area (Å²) in [6, 6.07) is 10.4. The predicted molar refractivity (Wildman–Crippen MR) is 140 cm³/mol. The zero-order valence-corrected chi connectivity index (χ0v) is 22.1. The quantitative estimate of drug-likeness (QED) is 0.669. The van der Waals surface area contributed by atoms with Gasteiger partial charge in [-0.25, -0.2) is 0 Å². The maximum Gasteiger partial charge on any atom is 0.219 e. The maximum atomic E-state index is 12.4. The van der Waals surface area contributed by atoms with Crippen molar-refractivity contribution in [1.82, 2.24) is 14.8 Å². The second kappa shape index (κ2) is 9.41. The Morgan fingerprint density at radius 2 is 1.71 bits per heavy atom. The number of aromatic nitrogens is 1. The average Bonchev–Trinajstić information content (AvgIpc) is 2.82. The Morgan fingerprint density at radius 3 is 2.26 bits per heavy atom. The number of pyridine rings is 1. The van der Waals surface area contributed by atoms with Crippen molar-refractivity contribution in [1.29, 1.82) is 0 Å². The SMILES string of the molecule is CC(=O)N1CCC(C)(C#Cc2cncc([C@@](O)(c3ccc(C(C)C)cc3)C3(C)CN(C)C3)c2)CC1. The number of piperidine rings is 1. The number of hydrogen-bond donors (Lipinski definition) is 1. The van der Waals surface area contributed by atoms with Crippen LogP contribution in [0.3, 0.4) is 0 Å². The Morgan fingerprint density at radius 1 is 1.09 bits per heavy atom. The van der Waals surface area contributed by atoms with Gasteiger partial charge in [-0.05, 0) is 49.9 Å². The van der Waals surface area contributed by atoms with E-state index in [-0.39, 0.29) is 16.7 Å². The molecule has 5 nitrogen and oxygen atoms in total. The molecule has 1 N–H and O–H groups in total. The molecule has 1 aromatic heterocycles. The summed E-state index contributed by atoms with van der Waals surface area (Å²) in [6.07, 6.45) is 5.30. The predicted octanol–water partition coefficient (Wildman–Crippen LogP) is 4.39. The molecule has 2 fully saturated rings. The number of benzene rings is 1. The lowest BCUT2D eigenvalue weighted by Gasteiger charge is -2.55. The van der Waals surface area contributed by atoms with E-state index in [9.17, 15) is 9.90 Å². The van der Waals surface area contributed by atoms with Gasteiger partial charge in [-0.15, -0.1) is 0 Å². The number of carbonyl (C=O) groups excluding carboxylic acids is 1. The van der Waals surface area contributed by atoms with Crippen molar-refractivity contribution in [2.24, 2.45) is 10.8 Å². The van der Waals surface area contributed by atoms with Crippen LogP contribution in [0.5, 0.6) is 0 Å². The Hall–Kier alpha value is -2.68. The lowest BCUT2D eigenvalue weighted by Crippen LogP contribution is -2.63. The third-order valence-corrected chi connectivity index (χ3v) is 8.08. The van der Waals surface area contributed by atoms with Crippen molar-refractivity contribution in [3.8, 4) is 11.8 Å². The molecule has 2 saturated heterocycles. The largest absolute Gasteiger partial charge is 0.380 e. The Labute approximate surface area is 210 Å². The lowest BCUT2D eigenvalue weighted by atomic mass is 9.62. The molecule has 3 heterocycles. The van der Waals surface area contributed by atoms with Crippen molar-refractivity contribution in [2.75, 3.05) is 33.2 Å². The molecule has 2 aliphatic heterocycles. The maximum absolute atomic E-state index is 12.4. The smallest absolute Gasteiger partial charge is 0.219 e. The highest BCUT2D eigenvalue weighted by Crippen LogP contribution is 2.50. The molecule has 2 aromatic rings. The Kier molecular flexibility index (Phi) is 6.83. The van der Waals surface area contributed by atoms with E-state index >= 15 is 0 Å². The minimum Gasteiger partial charge on any atom is -0.380 e. The number of likely N-dealkylation sites (tertiary alicyclic amines) is 2. The van der Waals surface area contributed by atoms with E-state index in [0.717, 1.165) is 55.7 Å². The third-order valence-electron chi connectivity index (χ3n) is 8.08. The standard InChI is InChI=1S/C30H39N3O2/c1-22(2)25-7-9-26(10-8-25)30(35,29(5)20-32(6)21-29)27-17-24(18-31-19-27)11-12-28(4)13-15-33(16-14-28)23(3)34/h7-10,17-19,22,35H,13-16,20-21H2,1-6H3/t30-/m0/s1. The van der Waals surface area contributed by atoms with Crippen LogP contribution >= 0.6 is 0 Å². The minimum absolute atomic E-state index is 0.131. The highest BCUT2D eigenvalue weighted by molar-refractivity contribution is 5.73. The molecular weight excluding hydrogens is 434 g/mol. The van der Waals surface area contributed by atoms with E-state index < -0.39 is 5.60 Å². The van der Waals surface area contributed by atoms with E-state index in [4.69, 9.17) is 0 Å². The Bertz CT molecular complexity index is 1130. The molecule has 1 amide bonds. The normalized spacial score (nSPS) is 21.0. The number of hydrogen-bond acceptors (Lipinski definition) is 4. The molecule has 4 rings (SSSR count). The van der Waals surface area contributed by atoms with E-state index in [2.05, 4.69) is 80.7 Å². The molecular formula is C30H39N3O2. The van der Waals surface area contributed by atoms with Crippen molar-refractivity contribution in [2.45, 2.75) is 59.0 Å². The van der Waals surface area contributed by atoms with Gasteiger partial charge in [0.15, 0.2) is 0 Å². The number of rotatable bonds is 4. The van der Waals surface area contributed by atoms with Crippen LogP contribution in [-0.2, 0) is 10.4 Å². The van der Waals surface area contributed by atoms with Gasteiger partial charge in [0.1, 0.15) is 5.60 Å². The molecule has 0 saturated carbocycles. The van der Waals surface area contributed by atoms with Crippen LogP contribution in [0.25, 0.3) is 0 Å². The molecule has 0 unspecified atom stereocenters. The molecule has 5 heteroatoms. The van der Waals surface area contributed by atoms with Gasteiger partial charge in [-0.3, -0.25) is 9.78 Å². The number of aliphatic hydroxyl groups is 1. The molecule has 35 heavy (non-hydrogen) atoms. The molecule has 0 radical (unpaired) electrons. The monoisotopic (exact) mass is 473 g/mol. The molecule has 0 spiro atoms. The van der Waals surface area contributed by atoms with Crippen LogP contribution in [0.2, 0.25) is 0 Å². The highest BCUT2D eigenvalue weighted by Gasteiger charge is 2.55. The van der Waals surface area contributed by atoms with Crippen molar-refractivity contribution in [3.63, 3.8) is 0 Å². The second-order valence-corrected chi connectivity index (χ2v) is 11.5. The summed E-state index contributed by atoms with van der Waals surface area (Å²) < 4.78 is 0. The third kappa shape index (κ3) is 4.87. The first kappa shape index (κ1) is 25.4. The summed E-state index contributed by atoms with van der Waals surface area (Å²) in [5.41, 5.74) is 2.12. The Balaban J connectivity index is 1.67. The van der Waals surface area contributed by atoms with Crippen LogP contribution in [0.4, 0.5) is 0 Å². The summed E-state index contributed by atoms with van der Waals surface area (Å²) in [7, 11) is 2.09. The topological polar surface area (TPSA) is 56.7 Å². The van der Waals surface area contributed by atoms with Crippen LogP contribution in [0.1, 0.15) is 75.6 Å². The van der Waals surface area contributed by atoms with Crippen molar-refractivity contribution < 1.29 is 9.90 Å². The first-order valence-electron chi connectivity index (χ1n) is 12.7. The molecule has 1 aromatic carbocycles. The fourth-order valence-corrected chi connectivity index (χ4v) is 5.72. The number of amides is 1. The number of nitrogens with zero attached hydrogens (tertiary/aromatic N) is 3. The highest BCUT2D eigenvalue weighted by atomic mass is 16.3. The fourth-order valence-electron chi connectivity index (χ4n) is 5.72. The van der Waals surface area contributed by atoms with E-state index in [1.165, 1.54) is 5.56 Å². The number of carbonyl (C=O) groups is 1. The summed E-state index contributed by atoms with van der Waals surface area (Å²) in [5.74, 6) is 7.38. The van der Waals surface area contributed by atoms with Crippen molar-refractivity contribution in [3.05, 3.63) is 65.0 Å². The second-order valence-electron chi connectivity index (χ2n) is 11.5. The van der Waals surface area contributed by atoms with Gasteiger partial charge in [-0.1, -0.05) is 56.9 Å². The van der Waals surface area contributed by atoms with Gasteiger partial charge in [0.25, 0.3) is 0 Å². The van der Waals surface area contributed by atoms with Crippen LogP contribution in [0.15, 0.2) is 42.7 Å². The summed E-state index contributed by atoms with van der Waals surface area (Å²) in [5, 5.41) is 12.4. The van der Waals surface area contributed by atoms with Gasteiger partial charge in [0.2, 0.25) is 5.91 Å². The summed E-state index contributed by atoms with van der Waals surface area (Å²) in [4.78, 5) is 20.3. The molecule has 0 bridgehead atoms. The van der Waals surface area contributed by atoms with E-state index in [1.54, 1.807) is 19.3 Å². The molecule has 0 aliphatic carbocycles. The van der Waals surface area contributed by atoms with Crippen molar-refractivity contribution >= 4 is 5.91 Å². The first-order valence-corrected chi connectivity index (χ1v) is 12.7. The van der Waals surface area contributed by atoms with Gasteiger partial charge in [-0.2, -0.15) is 0 Å². The van der Waals surface area contributed by atoms with Gasteiger partial charge in [0, 0.05) is 67.5 Å².